The van der Waals surface area contributed by atoms with Crippen LogP contribution in [0.2, 0.25) is 0 Å². The minimum absolute atomic E-state index is 0.192. The molecule has 0 fully saturated rings. The first-order chi connectivity index (χ1) is 11.2. The van der Waals surface area contributed by atoms with Crippen LogP contribution in [0.3, 0.4) is 0 Å². The summed E-state index contributed by atoms with van der Waals surface area (Å²) in [6.07, 6.45) is 21.1. The van der Waals surface area contributed by atoms with E-state index in [1.165, 1.54) is 83.5 Å². The van der Waals surface area contributed by atoms with E-state index in [9.17, 15) is 0 Å². The fraction of sp³-hybridized carbons (Fsp3) is 1.00. The van der Waals surface area contributed by atoms with Gasteiger partial charge in [-0.05, 0) is 25.8 Å². The molecule has 0 aromatic rings. The molecule has 140 valence electrons. The first-order valence-corrected chi connectivity index (χ1v) is 10.4. The zero-order valence-electron chi connectivity index (χ0n) is 15.9. The Morgan fingerprint density at radius 3 is 1.39 bits per heavy atom. The fourth-order valence-electron chi connectivity index (χ4n) is 3.26. The number of nitrogens with two attached hydrogens (primary N) is 3. The SMILES string of the molecule is CCCCCCCCCCCCCCCC(N)CC(N)CCN. The largest absolute Gasteiger partial charge is 0.330 e. The molecule has 2 atom stereocenters. The van der Waals surface area contributed by atoms with E-state index in [1.54, 1.807) is 0 Å². The highest BCUT2D eigenvalue weighted by Gasteiger charge is 2.08. The van der Waals surface area contributed by atoms with Crippen LogP contribution in [0.15, 0.2) is 0 Å². The predicted molar refractivity (Wildman–Crippen MR) is 105 cm³/mol. The molecular formula is C20H45N3. The lowest BCUT2D eigenvalue weighted by atomic mass is 9.99. The Morgan fingerprint density at radius 2 is 0.957 bits per heavy atom. The molecule has 3 nitrogen and oxygen atoms in total. The van der Waals surface area contributed by atoms with Gasteiger partial charge in [-0.25, -0.2) is 0 Å². The van der Waals surface area contributed by atoms with Crippen molar-refractivity contribution in [2.24, 2.45) is 17.2 Å². The molecular weight excluding hydrogens is 282 g/mol. The third-order valence-corrected chi connectivity index (χ3v) is 4.82. The number of unbranched alkanes of at least 4 members (excludes halogenated alkanes) is 12. The second-order valence-corrected chi connectivity index (χ2v) is 7.36. The standard InChI is InChI=1S/C20H45N3/c1-2-3-4-5-6-7-8-9-10-11-12-13-14-15-19(22)18-20(23)16-17-21/h19-20H,2-18,21-23H2,1H3. The first kappa shape index (κ1) is 22.9. The minimum atomic E-state index is 0.192. The lowest BCUT2D eigenvalue weighted by molar-refractivity contribution is 0.457. The van der Waals surface area contributed by atoms with Crippen molar-refractivity contribution >= 4 is 0 Å². The third-order valence-electron chi connectivity index (χ3n) is 4.82. The summed E-state index contributed by atoms with van der Waals surface area (Å²) in [5.74, 6) is 0. The van der Waals surface area contributed by atoms with Gasteiger partial charge in [0.05, 0.1) is 0 Å². The zero-order valence-corrected chi connectivity index (χ0v) is 15.9. The molecule has 0 aromatic heterocycles. The summed E-state index contributed by atoms with van der Waals surface area (Å²) in [4.78, 5) is 0. The van der Waals surface area contributed by atoms with Gasteiger partial charge in [0.15, 0.2) is 0 Å². The zero-order chi connectivity index (χ0) is 17.2. The molecule has 0 heterocycles. The van der Waals surface area contributed by atoms with E-state index in [-0.39, 0.29) is 12.1 Å². The van der Waals surface area contributed by atoms with Crippen molar-refractivity contribution in [2.75, 3.05) is 6.54 Å². The Balaban J connectivity index is 3.15. The summed E-state index contributed by atoms with van der Waals surface area (Å²) in [6.45, 7) is 2.96. The van der Waals surface area contributed by atoms with Gasteiger partial charge in [0.2, 0.25) is 0 Å². The van der Waals surface area contributed by atoms with Crippen LogP contribution < -0.4 is 17.2 Å². The predicted octanol–water partition coefficient (Wildman–Crippen LogP) is 4.86. The van der Waals surface area contributed by atoms with Gasteiger partial charge < -0.3 is 17.2 Å². The summed E-state index contributed by atoms with van der Waals surface area (Å²) < 4.78 is 0. The maximum absolute atomic E-state index is 6.12. The topological polar surface area (TPSA) is 78.1 Å². The van der Waals surface area contributed by atoms with Crippen molar-refractivity contribution in [3.63, 3.8) is 0 Å². The maximum atomic E-state index is 6.12. The molecule has 23 heavy (non-hydrogen) atoms. The summed E-state index contributed by atoms with van der Waals surface area (Å²) in [5.41, 5.74) is 17.6. The van der Waals surface area contributed by atoms with Crippen LogP contribution >= 0.6 is 0 Å². The molecule has 6 N–H and O–H groups in total. The Labute approximate surface area is 146 Å². The van der Waals surface area contributed by atoms with Crippen molar-refractivity contribution < 1.29 is 0 Å². The van der Waals surface area contributed by atoms with Crippen molar-refractivity contribution in [2.45, 2.75) is 122 Å². The Hall–Kier alpha value is -0.120. The van der Waals surface area contributed by atoms with Gasteiger partial charge in [0.25, 0.3) is 0 Å². The van der Waals surface area contributed by atoms with E-state index in [0.29, 0.717) is 6.54 Å². The van der Waals surface area contributed by atoms with Crippen molar-refractivity contribution in [3.8, 4) is 0 Å². The molecule has 0 saturated heterocycles. The van der Waals surface area contributed by atoms with Gasteiger partial charge in [-0.15, -0.1) is 0 Å². The van der Waals surface area contributed by atoms with E-state index in [4.69, 9.17) is 17.2 Å². The van der Waals surface area contributed by atoms with E-state index in [0.717, 1.165) is 19.3 Å². The van der Waals surface area contributed by atoms with Crippen molar-refractivity contribution in [1.82, 2.24) is 0 Å². The van der Waals surface area contributed by atoms with Gasteiger partial charge >= 0.3 is 0 Å². The summed E-state index contributed by atoms with van der Waals surface area (Å²) >= 11 is 0. The van der Waals surface area contributed by atoms with Crippen LogP contribution in [-0.2, 0) is 0 Å². The molecule has 0 amide bonds. The van der Waals surface area contributed by atoms with Crippen molar-refractivity contribution in [3.05, 3.63) is 0 Å². The molecule has 0 rings (SSSR count). The fourth-order valence-corrected chi connectivity index (χ4v) is 3.26. The highest BCUT2D eigenvalue weighted by molar-refractivity contribution is 4.71. The molecule has 3 heteroatoms. The van der Waals surface area contributed by atoms with E-state index in [2.05, 4.69) is 6.92 Å². The summed E-state index contributed by atoms with van der Waals surface area (Å²) in [7, 11) is 0. The summed E-state index contributed by atoms with van der Waals surface area (Å²) in [5, 5.41) is 0. The van der Waals surface area contributed by atoms with E-state index in [1.807, 2.05) is 0 Å². The molecule has 0 aromatic carbocycles. The van der Waals surface area contributed by atoms with E-state index >= 15 is 0 Å². The van der Waals surface area contributed by atoms with E-state index < -0.39 is 0 Å². The maximum Gasteiger partial charge on any atom is 0.00655 e. The number of rotatable bonds is 18. The molecule has 0 radical (unpaired) electrons. The van der Waals surface area contributed by atoms with Crippen LogP contribution in [-0.4, -0.2) is 18.6 Å². The van der Waals surface area contributed by atoms with Gasteiger partial charge in [-0.1, -0.05) is 90.4 Å². The lowest BCUT2D eigenvalue weighted by Gasteiger charge is -2.16. The normalized spacial score (nSPS) is 14.1. The van der Waals surface area contributed by atoms with Gasteiger partial charge in [0.1, 0.15) is 0 Å². The molecule has 0 aliphatic heterocycles. The molecule has 0 bridgehead atoms. The number of hydrogen-bond acceptors (Lipinski definition) is 3. The molecule has 0 aliphatic carbocycles. The Kier molecular flexibility index (Phi) is 18.1. The molecule has 0 saturated carbocycles. The average molecular weight is 328 g/mol. The average Bonchev–Trinajstić information content (AvgIpc) is 2.52. The van der Waals surface area contributed by atoms with Crippen LogP contribution in [0, 0.1) is 0 Å². The Morgan fingerprint density at radius 1 is 0.565 bits per heavy atom. The highest BCUT2D eigenvalue weighted by Crippen LogP contribution is 2.13. The summed E-state index contributed by atoms with van der Waals surface area (Å²) in [6, 6.07) is 0.459. The van der Waals surface area contributed by atoms with Gasteiger partial charge in [0, 0.05) is 12.1 Å². The quantitative estimate of drug-likeness (QED) is 0.314. The van der Waals surface area contributed by atoms with Crippen LogP contribution in [0.1, 0.15) is 110 Å². The lowest BCUT2D eigenvalue weighted by Crippen LogP contribution is -2.32. The molecule has 2 unspecified atom stereocenters. The third kappa shape index (κ3) is 18.1. The highest BCUT2D eigenvalue weighted by atomic mass is 14.7. The molecule has 0 spiro atoms. The van der Waals surface area contributed by atoms with Crippen LogP contribution in [0.5, 0.6) is 0 Å². The molecule has 0 aliphatic rings. The second-order valence-electron chi connectivity index (χ2n) is 7.36. The van der Waals surface area contributed by atoms with Crippen LogP contribution in [0.25, 0.3) is 0 Å². The monoisotopic (exact) mass is 327 g/mol. The van der Waals surface area contributed by atoms with Crippen LogP contribution in [0.4, 0.5) is 0 Å². The number of hydrogen-bond donors (Lipinski definition) is 3. The second kappa shape index (κ2) is 18.2. The van der Waals surface area contributed by atoms with Crippen molar-refractivity contribution in [1.29, 1.82) is 0 Å². The Bertz CT molecular complexity index is 221. The minimum Gasteiger partial charge on any atom is -0.330 e. The first-order valence-electron chi connectivity index (χ1n) is 10.4. The van der Waals surface area contributed by atoms with Gasteiger partial charge in [-0.3, -0.25) is 0 Å². The smallest absolute Gasteiger partial charge is 0.00655 e. The van der Waals surface area contributed by atoms with Gasteiger partial charge in [-0.2, -0.15) is 0 Å².